The lowest BCUT2D eigenvalue weighted by atomic mass is 10.1. The smallest absolute Gasteiger partial charge is 0.289 e. The molecule has 2 heterocycles. The molecular formula is C21H20F2N2O5S. The third-order valence-corrected chi connectivity index (χ3v) is 7.29. The van der Waals surface area contributed by atoms with Crippen LogP contribution in [0.15, 0.2) is 45.7 Å². The van der Waals surface area contributed by atoms with Crippen LogP contribution in [0.4, 0.5) is 8.78 Å². The van der Waals surface area contributed by atoms with E-state index in [4.69, 9.17) is 9.15 Å². The van der Waals surface area contributed by atoms with E-state index in [1.165, 1.54) is 4.90 Å². The molecule has 0 atom stereocenters. The molecule has 1 fully saturated rings. The lowest BCUT2D eigenvalue weighted by Crippen LogP contribution is -2.50. The average Bonchev–Trinajstić information content (AvgIpc) is 3.10. The normalized spacial score (nSPS) is 15.4. The first-order chi connectivity index (χ1) is 14.7. The minimum absolute atomic E-state index is 0.0445. The van der Waals surface area contributed by atoms with Crippen LogP contribution in [0.3, 0.4) is 0 Å². The molecule has 3 aromatic rings. The van der Waals surface area contributed by atoms with E-state index in [1.54, 1.807) is 32.2 Å². The van der Waals surface area contributed by atoms with Gasteiger partial charge in [0.2, 0.25) is 10.0 Å². The number of rotatable bonds is 4. The van der Waals surface area contributed by atoms with Crippen LogP contribution in [0.1, 0.15) is 16.1 Å². The van der Waals surface area contributed by atoms with Gasteiger partial charge in [0, 0.05) is 37.1 Å². The fourth-order valence-corrected chi connectivity index (χ4v) is 5.12. The molecule has 0 aliphatic carbocycles. The molecule has 4 rings (SSSR count). The Kier molecular flexibility index (Phi) is 5.44. The standard InChI is InChI=1S/C21H20F2N2O5S/c1-13-16-12-15(29-2)4-6-18(16)30-20(13)21(26)24-7-9-25(10-8-24)31(27,28)19-11-14(22)3-5-17(19)23/h3-6,11-12H,7-10H2,1-2H3. The molecule has 0 N–H and O–H groups in total. The van der Waals surface area contributed by atoms with Gasteiger partial charge in [0.15, 0.2) is 5.76 Å². The fourth-order valence-electron chi connectivity index (χ4n) is 3.62. The molecule has 1 amide bonds. The van der Waals surface area contributed by atoms with Gasteiger partial charge in [-0.2, -0.15) is 4.31 Å². The molecule has 0 radical (unpaired) electrons. The van der Waals surface area contributed by atoms with E-state index in [1.807, 2.05) is 0 Å². The number of furan rings is 1. The van der Waals surface area contributed by atoms with E-state index < -0.39 is 26.6 Å². The van der Waals surface area contributed by atoms with Crippen LogP contribution in [-0.2, 0) is 10.0 Å². The number of methoxy groups -OCH3 is 1. The summed E-state index contributed by atoms with van der Waals surface area (Å²) >= 11 is 0. The van der Waals surface area contributed by atoms with Crippen LogP contribution >= 0.6 is 0 Å². The number of sulfonamides is 1. The number of aryl methyl sites for hydroxylation is 1. The van der Waals surface area contributed by atoms with Crippen molar-refractivity contribution < 1.29 is 31.1 Å². The highest BCUT2D eigenvalue weighted by Crippen LogP contribution is 2.30. The topological polar surface area (TPSA) is 80.1 Å². The first-order valence-electron chi connectivity index (χ1n) is 9.54. The first-order valence-corrected chi connectivity index (χ1v) is 11.0. The molecule has 2 aromatic carbocycles. The minimum Gasteiger partial charge on any atom is -0.497 e. The molecule has 1 aliphatic rings. The number of ether oxygens (including phenoxy) is 1. The van der Waals surface area contributed by atoms with Crippen molar-refractivity contribution in [2.75, 3.05) is 33.3 Å². The summed E-state index contributed by atoms with van der Waals surface area (Å²) in [7, 11) is -2.67. The Hall–Kier alpha value is -2.98. The van der Waals surface area contributed by atoms with E-state index in [0.717, 1.165) is 21.8 Å². The van der Waals surface area contributed by atoms with Gasteiger partial charge < -0.3 is 14.1 Å². The number of halogens is 2. The van der Waals surface area contributed by atoms with Crippen LogP contribution < -0.4 is 4.74 Å². The van der Waals surface area contributed by atoms with Crippen molar-refractivity contribution in [3.05, 3.63) is 59.4 Å². The summed E-state index contributed by atoms with van der Waals surface area (Å²) in [5.74, 6) is -1.41. The molecule has 0 saturated carbocycles. The molecule has 10 heteroatoms. The SMILES string of the molecule is COc1ccc2oc(C(=O)N3CCN(S(=O)(=O)c4cc(F)ccc4F)CC3)c(C)c2c1. The van der Waals surface area contributed by atoms with Crippen molar-refractivity contribution in [2.24, 2.45) is 0 Å². The predicted octanol–water partition coefficient (Wildman–Crippen LogP) is 3.17. The van der Waals surface area contributed by atoms with Crippen molar-refractivity contribution >= 4 is 26.9 Å². The lowest BCUT2D eigenvalue weighted by molar-refractivity contribution is 0.0667. The van der Waals surface area contributed by atoms with Gasteiger partial charge in [-0.1, -0.05) is 0 Å². The number of benzene rings is 2. The number of hydrogen-bond acceptors (Lipinski definition) is 5. The minimum atomic E-state index is -4.22. The number of fused-ring (bicyclic) bond motifs is 1. The Morgan fingerprint density at radius 1 is 1.06 bits per heavy atom. The summed E-state index contributed by atoms with van der Waals surface area (Å²) in [5.41, 5.74) is 1.21. The van der Waals surface area contributed by atoms with Gasteiger partial charge in [0.1, 0.15) is 27.9 Å². The highest BCUT2D eigenvalue weighted by molar-refractivity contribution is 7.89. The van der Waals surface area contributed by atoms with Gasteiger partial charge in [-0.25, -0.2) is 17.2 Å². The van der Waals surface area contributed by atoms with Crippen LogP contribution in [-0.4, -0.2) is 56.8 Å². The molecule has 31 heavy (non-hydrogen) atoms. The summed E-state index contributed by atoms with van der Waals surface area (Å²) < 4.78 is 64.9. The zero-order valence-electron chi connectivity index (χ0n) is 16.9. The highest BCUT2D eigenvalue weighted by atomic mass is 32.2. The molecule has 1 aromatic heterocycles. The number of hydrogen-bond donors (Lipinski definition) is 0. The molecule has 7 nitrogen and oxygen atoms in total. The zero-order valence-corrected chi connectivity index (χ0v) is 17.7. The summed E-state index contributed by atoms with van der Waals surface area (Å²) in [6, 6.07) is 7.53. The second kappa shape index (κ2) is 7.93. The lowest BCUT2D eigenvalue weighted by Gasteiger charge is -2.33. The van der Waals surface area contributed by atoms with Gasteiger partial charge in [-0.05, 0) is 43.3 Å². The summed E-state index contributed by atoms with van der Waals surface area (Å²) in [6.07, 6.45) is 0. The van der Waals surface area contributed by atoms with E-state index >= 15 is 0 Å². The summed E-state index contributed by atoms with van der Waals surface area (Å²) in [4.78, 5) is 13.8. The third kappa shape index (κ3) is 3.77. The van der Waals surface area contributed by atoms with E-state index in [9.17, 15) is 22.0 Å². The Bertz CT molecular complexity index is 1260. The Labute approximate surface area is 177 Å². The number of nitrogens with zero attached hydrogens (tertiary/aromatic N) is 2. The molecule has 0 bridgehead atoms. The van der Waals surface area contributed by atoms with Gasteiger partial charge in [-0.15, -0.1) is 0 Å². The van der Waals surface area contributed by atoms with E-state index in [2.05, 4.69) is 0 Å². The van der Waals surface area contributed by atoms with Gasteiger partial charge >= 0.3 is 0 Å². The molecule has 1 saturated heterocycles. The fraction of sp³-hybridized carbons (Fsp3) is 0.286. The maximum Gasteiger partial charge on any atom is 0.289 e. The van der Waals surface area contributed by atoms with Crippen molar-refractivity contribution in [1.29, 1.82) is 0 Å². The average molecular weight is 450 g/mol. The first kappa shape index (κ1) is 21.3. The molecule has 0 unspecified atom stereocenters. The second-order valence-corrected chi connectivity index (χ2v) is 9.10. The number of piperazine rings is 1. The van der Waals surface area contributed by atoms with E-state index in [-0.39, 0.29) is 37.8 Å². The summed E-state index contributed by atoms with van der Waals surface area (Å²) in [5, 5.41) is 0.755. The van der Waals surface area contributed by atoms with Crippen molar-refractivity contribution in [3.63, 3.8) is 0 Å². The molecule has 164 valence electrons. The maximum absolute atomic E-state index is 14.0. The second-order valence-electron chi connectivity index (χ2n) is 7.19. The van der Waals surface area contributed by atoms with Gasteiger partial charge in [0.25, 0.3) is 5.91 Å². The largest absolute Gasteiger partial charge is 0.497 e. The zero-order chi connectivity index (χ0) is 22.3. The van der Waals surface area contributed by atoms with Gasteiger partial charge in [0.05, 0.1) is 7.11 Å². The number of carbonyl (C=O) groups is 1. The van der Waals surface area contributed by atoms with Crippen LogP contribution in [0.5, 0.6) is 5.75 Å². The van der Waals surface area contributed by atoms with Crippen LogP contribution in [0, 0.1) is 18.6 Å². The monoisotopic (exact) mass is 450 g/mol. The number of amides is 1. The van der Waals surface area contributed by atoms with Crippen LogP contribution in [0.25, 0.3) is 11.0 Å². The molecule has 0 spiro atoms. The maximum atomic E-state index is 14.0. The predicted molar refractivity (Wildman–Crippen MR) is 109 cm³/mol. The quantitative estimate of drug-likeness (QED) is 0.610. The van der Waals surface area contributed by atoms with E-state index in [0.29, 0.717) is 23.0 Å². The van der Waals surface area contributed by atoms with Crippen LogP contribution in [0.2, 0.25) is 0 Å². The molecular weight excluding hydrogens is 430 g/mol. The van der Waals surface area contributed by atoms with Crippen molar-refractivity contribution in [2.45, 2.75) is 11.8 Å². The third-order valence-electron chi connectivity index (χ3n) is 5.37. The molecule has 1 aliphatic heterocycles. The van der Waals surface area contributed by atoms with Crippen molar-refractivity contribution in [3.8, 4) is 5.75 Å². The van der Waals surface area contributed by atoms with Crippen molar-refractivity contribution in [1.82, 2.24) is 9.21 Å². The Morgan fingerprint density at radius 3 is 2.45 bits per heavy atom. The Balaban J connectivity index is 1.52. The Morgan fingerprint density at radius 2 is 1.77 bits per heavy atom. The summed E-state index contributed by atoms with van der Waals surface area (Å²) in [6.45, 7) is 1.86. The highest BCUT2D eigenvalue weighted by Gasteiger charge is 2.33. The van der Waals surface area contributed by atoms with Gasteiger partial charge in [-0.3, -0.25) is 4.79 Å². The number of carbonyl (C=O) groups excluding carboxylic acids is 1.